The van der Waals surface area contributed by atoms with Gasteiger partial charge in [0.15, 0.2) is 16.1 Å². The Morgan fingerprint density at radius 3 is 2.60 bits per heavy atom. The molecule has 0 aliphatic heterocycles. The van der Waals surface area contributed by atoms with E-state index in [0.717, 1.165) is 24.0 Å². The molecule has 1 aliphatic carbocycles. The quantitative estimate of drug-likeness (QED) is 0.440. The zero-order valence-corrected chi connectivity index (χ0v) is 16.6. The number of thioether (sulfide) groups is 1. The van der Waals surface area contributed by atoms with Crippen molar-refractivity contribution in [3.05, 3.63) is 28.8 Å². The van der Waals surface area contributed by atoms with Gasteiger partial charge in [-0.3, -0.25) is 9.59 Å². The Morgan fingerprint density at radius 1 is 1.36 bits per heavy atom. The Labute approximate surface area is 153 Å². The van der Waals surface area contributed by atoms with Crippen LogP contribution in [0.3, 0.4) is 0 Å². The van der Waals surface area contributed by atoms with Crippen molar-refractivity contribution in [2.45, 2.75) is 55.8 Å². The molecule has 0 fully saturated rings. The zero-order chi connectivity index (χ0) is 18.8. The maximum atomic E-state index is 12.0. The number of rotatable bonds is 5. The number of aldehydes is 1. The van der Waals surface area contributed by atoms with Crippen LogP contribution in [0.25, 0.3) is 0 Å². The molecule has 5 nitrogen and oxygen atoms in total. The first-order valence-electron chi connectivity index (χ1n) is 8.17. The molecule has 1 unspecified atom stereocenters. The molecular formula is C18H24O5S2. The van der Waals surface area contributed by atoms with Crippen LogP contribution in [0.4, 0.5) is 0 Å². The molecule has 0 spiro atoms. The largest absolute Gasteiger partial charge is 0.459 e. The number of esters is 1. The predicted molar refractivity (Wildman–Crippen MR) is 98.9 cm³/mol. The highest BCUT2D eigenvalue weighted by atomic mass is 32.2. The van der Waals surface area contributed by atoms with Gasteiger partial charge < -0.3 is 4.74 Å². The number of fused-ring (bicyclic) bond motifs is 1. The molecule has 2 rings (SSSR count). The van der Waals surface area contributed by atoms with Crippen LogP contribution < -0.4 is 0 Å². The number of hydrogen-bond acceptors (Lipinski definition) is 6. The van der Waals surface area contributed by atoms with Crippen molar-refractivity contribution in [3.63, 3.8) is 0 Å². The summed E-state index contributed by atoms with van der Waals surface area (Å²) in [6, 6.07) is 3.52. The van der Waals surface area contributed by atoms with Crippen molar-refractivity contribution in [2.75, 3.05) is 12.0 Å². The highest BCUT2D eigenvalue weighted by molar-refractivity contribution is 8.00. The number of ether oxygens (including phenoxy) is 1. The number of aryl methyl sites for hydroxylation is 1. The highest BCUT2D eigenvalue weighted by Gasteiger charge is 2.29. The summed E-state index contributed by atoms with van der Waals surface area (Å²) < 4.78 is 29.3. The molecule has 0 radical (unpaired) electrons. The molecule has 0 heterocycles. The molecule has 0 bridgehead atoms. The summed E-state index contributed by atoms with van der Waals surface area (Å²) in [5, 5.41) is -0.556. The van der Waals surface area contributed by atoms with E-state index >= 15 is 0 Å². The molecular weight excluding hydrogens is 360 g/mol. The Bertz CT molecular complexity index is 775. The molecule has 1 atom stereocenters. The molecule has 138 valence electrons. The molecule has 1 aromatic rings. The molecule has 0 amide bonds. The summed E-state index contributed by atoms with van der Waals surface area (Å²) in [5.41, 5.74) is 1.53. The third kappa shape index (κ3) is 5.31. The van der Waals surface area contributed by atoms with Gasteiger partial charge in [0.05, 0.1) is 11.0 Å². The lowest BCUT2D eigenvalue weighted by Crippen LogP contribution is -2.25. The van der Waals surface area contributed by atoms with Crippen LogP contribution in [0.1, 0.15) is 60.3 Å². The van der Waals surface area contributed by atoms with Gasteiger partial charge >= 0.3 is 5.97 Å². The number of carbonyl (C=O) groups excluding carboxylic acids is 2. The molecule has 1 aliphatic rings. The fourth-order valence-corrected chi connectivity index (χ4v) is 5.08. The standard InChI is InChI=1S/C18H24O5S2/c1-18(2,3)23-17(20)11-24-15-9-12-6-5-7-16(25(4,21)22)14(12)8-13(15)10-19/h8-10,16H,5-7,11H2,1-4H3. The van der Waals surface area contributed by atoms with E-state index < -0.39 is 20.7 Å². The van der Waals surface area contributed by atoms with Crippen molar-refractivity contribution in [2.24, 2.45) is 0 Å². The lowest BCUT2D eigenvalue weighted by atomic mass is 9.90. The smallest absolute Gasteiger partial charge is 0.316 e. The van der Waals surface area contributed by atoms with E-state index in [1.54, 1.807) is 26.8 Å². The van der Waals surface area contributed by atoms with Crippen LogP contribution in [0.15, 0.2) is 17.0 Å². The van der Waals surface area contributed by atoms with Crippen LogP contribution in [-0.4, -0.2) is 38.3 Å². The molecule has 7 heteroatoms. The van der Waals surface area contributed by atoms with Gasteiger partial charge in [-0.15, -0.1) is 11.8 Å². The predicted octanol–water partition coefficient (Wildman–Crippen LogP) is 3.35. The minimum atomic E-state index is -3.22. The first-order valence-corrected chi connectivity index (χ1v) is 11.1. The monoisotopic (exact) mass is 384 g/mol. The van der Waals surface area contributed by atoms with Gasteiger partial charge in [-0.1, -0.05) is 0 Å². The minimum absolute atomic E-state index is 0.104. The second-order valence-electron chi connectivity index (χ2n) is 7.29. The Morgan fingerprint density at radius 2 is 2.04 bits per heavy atom. The Kier molecular flexibility index (Phi) is 5.99. The average molecular weight is 385 g/mol. The Hall–Kier alpha value is -1.34. The van der Waals surface area contributed by atoms with Gasteiger partial charge in [0.2, 0.25) is 0 Å². The average Bonchev–Trinajstić information content (AvgIpc) is 2.48. The van der Waals surface area contributed by atoms with Crippen LogP contribution >= 0.6 is 11.8 Å². The van der Waals surface area contributed by atoms with Gasteiger partial charge in [-0.2, -0.15) is 0 Å². The van der Waals surface area contributed by atoms with Gasteiger partial charge in [0, 0.05) is 16.7 Å². The van der Waals surface area contributed by atoms with E-state index in [4.69, 9.17) is 4.74 Å². The molecule has 0 saturated carbocycles. The summed E-state index contributed by atoms with van der Waals surface area (Å²) >= 11 is 1.25. The van der Waals surface area contributed by atoms with Crippen LogP contribution in [0, 0.1) is 0 Å². The molecule has 0 aromatic heterocycles. The second-order valence-corrected chi connectivity index (χ2v) is 10.5. The zero-order valence-electron chi connectivity index (χ0n) is 15.0. The van der Waals surface area contributed by atoms with Crippen LogP contribution in [-0.2, 0) is 25.8 Å². The number of carbonyl (C=O) groups is 2. The third-order valence-corrected chi connectivity index (χ3v) is 6.51. The summed E-state index contributed by atoms with van der Waals surface area (Å²) in [5.74, 6) is -0.243. The molecule has 0 saturated heterocycles. The summed E-state index contributed by atoms with van der Waals surface area (Å²) in [6.07, 6.45) is 4.10. The molecule has 25 heavy (non-hydrogen) atoms. The lowest BCUT2D eigenvalue weighted by Gasteiger charge is -2.25. The van der Waals surface area contributed by atoms with E-state index in [1.165, 1.54) is 18.0 Å². The summed E-state index contributed by atoms with van der Waals surface area (Å²) in [4.78, 5) is 24.0. The normalized spacial score (nSPS) is 17.7. The van der Waals surface area contributed by atoms with Gasteiger partial charge in [0.1, 0.15) is 5.60 Å². The number of sulfone groups is 1. The third-order valence-electron chi connectivity index (χ3n) is 3.94. The lowest BCUT2D eigenvalue weighted by molar-refractivity contribution is -0.151. The minimum Gasteiger partial charge on any atom is -0.459 e. The van der Waals surface area contributed by atoms with Crippen molar-refractivity contribution in [1.29, 1.82) is 0 Å². The second kappa shape index (κ2) is 7.50. The van der Waals surface area contributed by atoms with E-state index in [2.05, 4.69) is 0 Å². The summed E-state index contributed by atoms with van der Waals surface area (Å²) in [7, 11) is -3.22. The maximum Gasteiger partial charge on any atom is 0.316 e. The van der Waals surface area contributed by atoms with Crippen molar-refractivity contribution in [3.8, 4) is 0 Å². The van der Waals surface area contributed by atoms with Crippen LogP contribution in [0.5, 0.6) is 0 Å². The number of hydrogen-bond donors (Lipinski definition) is 0. The van der Waals surface area contributed by atoms with E-state index in [1.807, 2.05) is 6.07 Å². The Balaban J connectivity index is 2.27. The first-order chi connectivity index (χ1) is 11.5. The van der Waals surface area contributed by atoms with Gasteiger partial charge in [0.25, 0.3) is 0 Å². The van der Waals surface area contributed by atoms with Crippen molar-refractivity contribution in [1.82, 2.24) is 0 Å². The topological polar surface area (TPSA) is 77.5 Å². The summed E-state index contributed by atoms with van der Waals surface area (Å²) in [6.45, 7) is 5.41. The SMILES string of the molecule is CC(C)(C)OC(=O)CSc1cc2c(cc1C=O)C(S(C)(=O)=O)CCC2. The van der Waals surface area contributed by atoms with Gasteiger partial charge in [-0.25, -0.2) is 8.42 Å². The maximum absolute atomic E-state index is 12.0. The molecule has 0 N–H and O–H groups in total. The van der Waals surface area contributed by atoms with Crippen molar-refractivity contribution >= 4 is 33.9 Å². The number of benzene rings is 1. The van der Waals surface area contributed by atoms with E-state index in [9.17, 15) is 18.0 Å². The fraction of sp³-hybridized carbons (Fsp3) is 0.556. The van der Waals surface area contributed by atoms with Gasteiger partial charge in [-0.05, 0) is 63.3 Å². The highest BCUT2D eigenvalue weighted by Crippen LogP contribution is 2.38. The van der Waals surface area contributed by atoms with E-state index in [-0.39, 0.29) is 11.7 Å². The first kappa shape index (κ1) is 20.0. The van der Waals surface area contributed by atoms with Crippen molar-refractivity contribution < 1.29 is 22.7 Å². The molecule has 1 aromatic carbocycles. The fourth-order valence-electron chi connectivity index (χ4n) is 2.98. The van der Waals surface area contributed by atoms with E-state index in [0.29, 0.717) is 23.2 Å². The van der Waals surface area contributed by atoms with Crippen LogP contribution in [0.2, 0.25) is 0 Å².